The minimum absolute atomic E-state index is 0.232. The highest BCUT2D eigenvalue weighted by molar-refractivity contribution is 6.17. The Kier molecular flexibility index (Phi) is 11.4. The molecule has 13 nitrogen and oxygen atoms in total. The molecule has 2 fully saturated rings. The molecular formula is C36H48N8O5. The number of likely N-dealkylation sites (N-methyl/N-ethyl adjacent to an activating group) is 1. The molecule has 0 radical (unpaired) electrons. The summed E-state index contributed by atoms with van der Waals surface area (Å²) < 4.78 is 7.09. The first-order valence-corrected chi connectivity index (χ1v) is 17.0. The van der Waals surface area contributed by atoms with Crippen LogP contribution in [-0.4, -0.2) is 112 Å². The molecule has 2 aromatic carbocycles. The average Bonchev–Trinajstić information content (AvgIpc) is 3.61. The van der Waals surface area contributed by atoms with Crippen LogP contribution in [0, 0.1) is 0 Å². The Labute approximate surface area is 288 Å². The zero-order chi connectivity index (χ0) is 35.1. The van der Waals surface area contributed by atoms with Crippen LogP contribution in [0.5, 0.6) is 5.75 Å². The van der Waals surface area contributed by atoms with Gasteiger partial charge >= 0.3 is 6.03 Å². The van der Waals surface area contributed by atoms with Crippen molar-refractivity contribution in [2.24, 2.45) is 12.8 Å². The van der Waals surface area contributed by atoms with Gasteiger partial charge in [0.25, 0.3) is 5.91 Å². The van der Waals surface area contributed by atoms with Gasteiger partial charge in [0.05, 0.1) is 19.5 Å². The van der Waals surface area contributed by atoms with E-state index in [9.17, 15) is 19.2 Å². The summed E-state index contributed by atoms with van der Waals surface area (Å²) in [4.78, 5) is 66.7. The second-order valence-electron chi connectivity index (χ2n) is 12.7. The highest BCUT2D eigenvalue weighted by atomic mass is 16.5. The second-order valence-corrected chi connectivity index (χ2v) is 12.7. The third kappa shape index (κ3) is 7.62. The minimum atomic E-state index is -1.11. The number of nitrogens with one attached hydrogen (secondary N) is 1. The van der Waals surface area contributed by atoms with Crippen molar-refractivity contribution in [2.75, 3.05) is 51.3 Å². The Morgan fingerprint density at radius 1 is 1.02 bits per heavy atom. The summed E-state index contributed by atoms with van der Waals surface area (Å²) in [5.74, 6) is -0.268. The highest BCUT2D eigenvalue weighted by Crippen LogP contribution is 2.40. The molecule has 5 rings (SSSR count). The fourth-order valence-electron chi connectivity index (χ4n) is 6.78. The quantitative estimate of drug-likeness (QED) is 0.248. The molecular weight excluding hydrogens is 624 g/mol. The number of anilines is 1. The minimum Gasteiger partial charge on any atom is -0.497 e. The Balaban J connectivity index is 1.35. The van der Waals surface area contributed by atoms with E-state index < -0.39 is 23.5 Å². The molecule has 2 saturated heterocycles. The number of benzene rings is 2. The Hall–Kier alpha value is -4.75. The molecule has 0 saturated carbocycles. The molecule has 262 valence electrons. The second kappa shape index (κ2) is 15.6. The predicted molar refractivity (Wildman–Crippen MR) is 186 cm³/mol. The lowest BCUT2D eigenvalue weighted by atomic mass is 9.85. The number of imidazole rings is 1. The van der Waals surface area contributed by atoms with Crippen molar-refractivity contribution in [3.05, 3.63) is 78.4 Å². The summed E-state index contributed by atoms with van der Waals surface area (Å²) in [6, 6.07) is 14.5. The van der Waals surface area contributed by atoms with Gasteiger partial charge in [-0.3, -0.25) is 24.2 Å². The van der Waals surface area contributed by atoms with Crippen LogP contribution in [0.2, 0.25) is 0 Å². The van der Waals surface area contributed by atoms with E-state index >= 15 is 0 Å². The normalized spacial score (nSPS) is 17.1. The van der Waals surface area contributed by atoms with Crippen molar-refractivity contribution in [2.45, 2.75) is 57.2 Å². The third-order valence-electron chi connectivity index (χ3n) is 9.84. The number of urea groups is 1. The van der Waals surface area contributed by atoms with Crippen LogP contribution in [-0.2, 0) is 34.3 Å². The van der Waals surface area contributed by atoms with Gasteiger partial charge in [-0.2, -0.15) is 0 Å². The van der Waals surface area contributed by atoms with E-state index in [0.29, 0.717) is 24.5 Å². The number of nitrogens with zero attached hydrogens (tertiary/aromatic N) is 6. The standard InChI is InChI=1S/C36H48N8O5/c1-5-41(6-2)20-21-43-34(47)36(44(35(43)48)27-10-8-7-9-11-27)16-18-42(19-17-36)33(46)31(22-26-12-14-29(49-4)15-13-26)39-32(45)30(37)23-28-24-38-25-40(28)3/h7-15,24-25,30-31H,5-6,16-23,37H2,1-4H3,(H,39,45)/t30-,31+/m0/s1. The lowest BCUT2D eigenvalue weighted by molar-refractivity contribution is -0.140. The summed E-state index contributed by atoms with van der Waals surface area (Å²) in [5, 5.41) is 2.92. The maximum Gasteiger partial charge on any atom is 0.332 e. The average molecular weight is 673 g/mol. The van der Waals surface area contributed by atoms with Crippen LogP contribution in [0.4, 0.5) is 10.5 Å². The largest absolute Gasteiger partial charge is 0.497 e. The van der Waals surface area contributed by atoms with Gasteiger partial charge in [0.15, 0.2) is 0 Å². The van der Waals surface area contributed by atoms with E-state index in [-0.39, 0.29) is 56.6 Å². The lowest BCUT2D eigenvalue weighted by Gasteiger charge is -2.43. The summed E-state index contributed by atoms with van der Waals surface area (Å²) in [6.07, 6.45) is 4.34. The maximum atomic E-state index is 14.2. The number of piperidine rings is 1. The number of carbonyl (C=O) groups excluding carboxylic acids is 4. The lowest BCUT2D eigenvalue weighted by Crippen LogP contribution is -2.60. The Bertz CT molecular complexity index is 1600. The van der Waals surface area contributed by atoms with E-state index in [4.69, 9.17) is 10.5 Å². The van der Waals surface area contributed by atoms with Gasteiger partial charge in [-0.15, -0.1) is 0 Å². The Morgan fingerprint density at radius 2 is 1.69 bits per heavy atom. The Morgan fingerprint density at radius 3 is 2.29 bits per heavy atom. The van der Waals surface area contributed by atoms with Crippen LogP contribution in [0.1, 0.15) is 37.9 Å². The molecule has 13 heteroatoms. The summed E-state index contributed by atoms with van der Waals surface area (Å²) in [7, 11) is 3.41. The van der Waals surface area contributed by atoms with Crippen LogP contribution in [0.15, 0.2) is 67.1 Å². The molecule has 2 atom stereocenters. The number of rotatable bonds is 14. The SMILES string of the molecule is CCN(CC)CCN1C(=O)N(c2ccccc2)C2(CCN(C(=O)[C@@H](Cc3ccc(OC)cc3)NC(=O)[C@@H](N)Cc3cncn3C)CC2)C1=O. The number of methoxy groups -OCH3 is 1. The fourth-order valence-corrected chi connectivity index (χ4v) is 6.78. The van der Waals surface area contributed by atoms with Gasteiger partial charge in [0, 0.05) is 63.6 Å². The summed E-state index contributed by atoms with van der Waals surface area (Å²) in [5.41, 5.74) is 7.48. The van der Waals surface area contributed by atoms with Crippen molar-refractivity contribution in [1.29, 1.82) is 0 Å². The molecule has 2 aliphatic rings. The number of carbonyl (C=O) groups is 4. The molecule has 2 aliphatic heterocycles. The van der Waals surface area contributed by atoms with E-state index in [1.54, 1.807) is 34.0 Å². The molecule has 5 amide bonds. The van der Waals surface area contributed by atoms with Crippen LogP contribution >= 0.6 is 0 Å². The molecule has 49 heavy (non-hydrogen) atoms. The van der Waals surface area contributed by atoms with Crippen molar-refractivity contribution in [3.63, 3.8) is 0 Å². The van der Waals surface area contributed by atoms with Crippen molar-refractivity contribution >= 4 is 29.4 Å². The van der Waals surface area contributed by atoms with Crippen LogP contribution < -0.4 is 20.7 Å². The molecule has 0 aliphatic carbocycles. The molecule has 3 heterocycles. The van der Waals surface area contributed by atoms with Crippen molar-refractivity contribution in [1.82, 2.24) is 29.6 Å². The molecule has 3 N–H and O–H groups in total. The first-order valence-electron chi connectivity index (χ1n) is 17.0. The van der Waals surface area contributed by atoms with Gasteiger partial charge in [-0.1, -0.05) is 44.2 Å². The number of imide groups is 1. The summed E-state index contributed by atoms with van der Waals surface area (Å²) in [6.45, 7) is 7.11. The number of amides is 5. The molecule has 1 spiro atoms. The van der Waals surface area contributed by atoms with Crippen LogP contribution in [0.3, 0.4) is 0 Å². The van der Waals surface area contributed by atoms with Gasteiger partial charge in [0.2, 0.25) is 11.8 Å². The van der Waals surface area contributed by atoms with Gasteiger partial charge in [-0.05, 0) is 55.8 Å². The van der Waals surface area contributed by atoms with Crippen molar-refractivity contribution < 1.29 is 23.9 Å². The van der Waals surface area contributed by atoms with E-state index in [1.165, 1.54) is 4.90 Å². The van der Waals surface area contributed by atoms with Crippen LogP contribution in [0.25, 0.3) is 0 Å². The molecule has 0 unspecified atom stereocenters. The summed E-state index contributed by atoms with van der Waals surface area (Å²) >= 11 is 0. The van der Waals surface area contributed by atoms with Crippen molar-refractivity contribution in [3.8, 4) is 5.75 Å². The number of aromatic nitrogens is 2. The van der Waals surface area contributed by atoms with E-state index in [1.807, 2.05) is 61.6 Å². The fraction of sp³-hybridized carbons (Fsp3) is 0.472. The number of ether oxygens (including phenoxy) is 1. The first-order chi connectivity index (χ1) is 23.6. The topological polar surface area (TPSA) is 146 Å². The molecule has 0 bridgehead atoms. The number of hydrogen-bond donors (Lipinski definition) is 2. The third-order valence-corrected chi connectivity index (χ3v) is 9.84. The number of para-hydroxylation sites is 1. The zero-order valence-electron chi connectivity index (χ0n) is 28.9. The number of aryl methyl sites for hydroxylation is 1. The zero-order valence-corrected chi connectivity index (χ0v) is 28.9. The molecule has 1 aromatic heterocycles. The first kappa shape index (κ1) is 35.6. The number of likely N-dealkylation sites (tertiary alicyclic amines) is 1. The highest BCUT2D eigenvalue weighted by Gasteiger charge is 2.59. The maximum absolute atomic E-state index is 14.2. The smallest absolute Gasteiger partial charge is 0.332 e. The predicted octanol–water partition coefficient (Wildman–Crippen LogP) is 2.20. The van der Waals surface area contributed by atoms with Gasteiger partial charge in [0.1, 0.15) is 17.3 Å². The molecule has 3 aromatic rings. The number of nitrogens with two attached hydrogens (primary N) is 1. The van der Waals surface area contributed by atoms with Gasteiger partial charge in [-0.25, -0.2) is 9.78 Å². The van der Waals surface area contributed by atoms with E-state index in [0.717, 1.165) is 24.3 Å². The monoisotopic (exact) mass is 672 g/mol. The number of hydrogen-bond acceptors (Lipinski definition) is 8. The van der Waals surface area contributed by atoms with E-state index in [2.05, 4.69) is 29.0 Å². The van der Waals surface area contributed by atoms with Gasteiger partial charge < -0.3 is 30.2 Å².